The number of rotatable bonds is 6. The lowest BCUT2D eigenvalue weighted by atomic mass is 10.1. The number of carbonyl (C=O) groups excluding carboxylic acids is 1. The molecule has 0 unspecified atom stereocenters. The van der Waals surface area contributed by atoms with Crippen molar-refractivity contribution in [3.05, 3.63) is 66.2 Å². The molecule has 0 fully saturated rings. The highest BCUT2D eigenvalue weighted by Gasteiger charge is 2.15. The average Bonchev–Trinajstić information content (AvgIpc) is 3.36. The Balaban J connectivity index is 1.38. The molecule has 0 saturated carbocycles. The molecule has 4 rings (SSSR count). The molecule has 2 heterocycles. The van der Waals surface area contributed by atoms with Gasteiger partial charge in [-0.05, 0) is 42.3 Å². The second kappa shape index (κ2) is 7.33. The molecule has 0 bridgehead atoms. The van der Waals surface area contributed by atoms with Crippen LogP contribution in [0.2, 0.25) is 0 Å². The summed E-state index contributed by atoms with van der Waals surface area (Å²) in [5.74, 6) is 0.579. The second-order valence-electron chi connectivity index (χ2n) is 6.01. The van der Waals surface area contributed by atoms with E-state index in [9.17, 15) is 4.79 Å². The van der Waals surface area contributed by atoms with Gasteiger partial charge in [0, 0.05) is 29.2 Å². The number of methoxy groups -OCH3 is 1. The van der Waals surface area contributed by atoms with Gasteiger partial charge in [-0.25, -0.2) is 0 Å². The van der Waals surface area contributed by atoms with Gasteiger partial charge in [-0.2, -0.15) is 0 Å². The number of nitrogens with zero attached hydrogens (tertiary/aromatic N) is 2. The molecule has 0 aliphatic heterocycles. The third kappa shape index (κ3) is 3.52. The predicted octanol–water partition coefficient (Wildman–Crippen LogP) is 3.20. The van der Waals surface area contributed by atoms with Gasteiger partial charge in [-0.1, -0.05) is 18.2 Å². The topological polar surface area (TPSA) is 93.0 Å². The molecule has 136 valence electrons. The van der Waals surface area contributed by atoms with E-state index in [1.807, 2.05) is 24.4 Å². The zero-order valence-corrected chi connectivity index (χ0v) is 14.7. The molecule has 1 amide bonds. The summed E-state index contributed by atoms with van der Waals surface area (Å²) in [5.41, 5.74) is 2.95. The summed E-state index contributed by atoms with van der Waals surface area (Å²) in [5, 5.41) is 11.7. The lowest BCUT2D eigenvalue weighted by Crippen LogP contribution is -2.25. The van der Waals surface area contributed by atoms with Crippen LogP contribution >= 0.6 is 0 Å². The minimum atomic E-state index is -0.387. The first-order chi connectivity index (χ1) is 13.2. The van der Waals surface area contributed by atoms with E-state index in [4.69, 9.17) is 9.15 Å². The molecule has 0 saturated heterocycles. The van der Waals surface area contributed by atoms with Gasteiger partial charge in [-0.3, -0.25) is 4.79 Å². The number of hydrogen-bond acceptors (Lipinski definition) is 5. The first-order valence-corrected chi connectivity index (χ1v) is 8.56. The standard InChI is InChI=1S/C20H18N4O3/c1-26-15-8-6-13(7-9-15)19-23-24-20(27-19)18(25)21-11-10-14-12-22-17-5-3-2-4-16(14)17/h2-9,12,22H,10-11H2,1H3,(H,21,25). The number of carbonyl (C=O) groups is 1. The number of para-hydroxylation sites is 1. The Bertz CT molecular complexity index is 1070. The van der Waals surface area contributed by atoms with Crippen LogP contribution < -0.4 is 10.1 Å². The van der Waals surface area contributed by atoms with Gasteiger partial charge in [0.1, 0.15) is 5.75 Å². The molecule has 2 aromatic carbocycles. The van der Waals surface area contributed by atoms with E-state index in [-0.39, 0.29) is 11.8 Å². The summed E-state index contributed by atoms with van der Waals surface area (Å²) in [6.45, 7) is 0.473. The van der Waals surface area contributed by atoms with Crippen LogP contribution in [0.15, 0.2) is 59.1 Å². The zero-order chi connectivity index (χ0) is 18.6. The summed E-state index contributed by atoms with van der Waals surface area (Å²) in [6.07, 6.45) is 2.67. The van der Waals surface area contributed by atoms with E-state index in [1.165, 1.54) is 0 Å². The monoisotopic (exact) mass is 362 g/mol. The number of fused-ring (bicyclic) bond motifs is 1. The molecule has 0 aliphatic carbocycles. The predicted molar refractivity (Wildman–Crippen MR) is 101 cm³/mol. The maximum Gasteiger partial charge on any atom is 0.308 e. The normalized spacial score (nSPS) is 10.9. The van der Waals surface area contributed by atoms with Crippen molar-refractivity contribution in [2.45, 2.75) is 6.42 Å². The number of aromatic nitrogens is 3. The van der Waals surface area contributed by atoms with Crippen molar-refractivity contribution >= 4 is 16.8 Å². The van der Waals surface area contributed by atoms with E-state index in [2.05, 4.69) is 26.6 Å². The van der Waals surface area contributed by atoms with E-state index in [0.29, 0.717) is 18.9 Å². The molecule has 4 aromatic rings. The quantitative estimate of drug-likeness (QED) is 0.549. The molecule has 0 spiro atoms. The fraction of sp³-hybridized carbons (Fsp3) is 0.150. The highest BCUT2D eigenvalue weighted by Crippen LogP contribution is 2.21. The second-order valence-corrected chi connectivity index (χ2v) is 6.01. The molecule has 7 nitrogen and oxygen atoms in total. The molecule has 27 heavy (non-hydrogen) atoms. The zero-order valence-electron chi connectivity index (χ0n) is 14.7. The lowest BCUT2D eigenvalue weighted by Gasteiger charge is -2.02. The molecule has 0 atom stereocenters. The van der Waals surface area contributed by atoms with Crippen LogP contribution in [-0.2, 0) is 6.42 Å². The lowest BCUT2D eigenvalue weighted by molar-refractivity contribution is 0.0920. The highest BCUT2D eigenvalue weighted by atomic mass is 16.5. The van der Waals surface area contributed by atoms with Gasteiger partial charge in [0.25, 0.3) is 0 Å². The van der Waals surface area contributed by atoms with Crippen LogP contribution in [0.4, 0.5) is 0 Å². The fourth-order valence-electron chi connectivity index (χ4n) is 2.89. The van der Waals surface area contributed by atoms with Crippen molar-refractivity contribution < 1.29 is 13.9 Å². The van der Waals surface area contributed by atoms with Crippen LogP contribution in [0.3, 0.4) is 0 Å². The third-order valence-electron chi connectivity index (χ3n) is 4.31. The van der Waals surface area contributed by atoms with Gasteiger partial charge in [0.05, 0.1) is 7.11 Å². The van der Waals surface area contributed by atoms with Gasteiger partial charge in [0.15, 0.2) is 0 Å². The SMILES string of the molecule is COc1ccc(-c2nnc(C(=O)NCCc3c[nH]c4ccccc34)o2)cc1. The van der Waals surface area contributed by atoms with Crippen molar-refractivity contribution in [3.8, 4) is 17.2 Å². The van der Waals surface area contributed by atoms with E-state index >= 15 is 0 Å². The summed E-state index contributed by atoms with van der Waals surface area (Å²) in [6, 6.07) is 15.2. The fourth-order valence-corrected chi connectivity index (χ4v) is 2.89. The average molecular weight is 362 g/mol. The molecule has 2 N–H and O–H groups in total. The van der Waals surface area contributed by atoms with Crippen molar-refractivity contribution in [1.82, 2.24) is 20.5 Å². The summed E-state index contributed by atoms with van der Waals surface area (Å²) in [7, 11) is 1.60. The number of H-pyrrole nitrogens is 1. The minimum Gasteiger partial charge on any atom is -0.497 e. The number of nitrogens with one attached hydrogen (secondary N) is 2. The Labute approximate surface area is 155 Å². The first kappa shape index (κ1) is 16.8. The number of benzene rings is 2. The molecule has 7 heteroatoms. The first-order valence-electron chi connectivity index (χ1n) is 8.56. The van der Waals surface area contributed by atoms with Crippen molar-refractivity contribution in [2.24, 2.45) is 0 Å². The molecular weight excluding hydrogens is 344 g/mol. The van der Waals surface area contributed by atoms with Gasteiger partial charge < -0.3 is 19.5 Å². The van der Waals surface area contributed by atoms with Crippen LogP contribution in [0, 0.1) is 0 Å². The van der Waals surface area contributed by atoms with Gasteiger partial charge >= 0.3 is 11.8 Å². The van der Waals surface area contributed by atoms with E-state index < -0.39 is 0 Å². The molecule has 0 radical (unpaired) electrons. The number of amides is 1. The smallest absolute Gasteiger partial charge is 0.308 e. The maximum atomic E-state index is 12.2. The van der Waals surface area contributed by atoms with Crippen molar-refractivity contribution in [3.63, 3.8) is 0 Å². The molecule has 0 aliphatic rings. The van der Waals surface area contributed by atoms with Crippen molar-refractivity contribution in [1.29, 1.82) is 0 Å². The summed E-state index contributed by atoms with van der Waals surface area (Å²) >= 11 is 0. The number of ether oxygens (including phenoxy) is 1. The molecular formula is C20H18N4O3. The number of aromatic amines is 1. The van der Waals surface area contributed by atoms with Crippen LogP contribution in [0.25, 0.3) is 22.4 Å². The van der Waals surface area contributed by atoms with E-state index in [0.717, 1.165) is 27.8 Å². The van der Waals surface area contributed by atoms with E-state index in [1.54, 1.807) is 31.4 Å². The van der Waals surface area contributed by atoms with Crippen LogP contribution in [0.5, 0.6) is 5.75 Å². The van der Waals surface area contributed by atoms with Crippen molar-refractivity contribution in [2.75, 3.05) is 13.7 Å². The highest BCUT2D eigenvalue weighted by molar-refractivity contribution is 5.89. The largest absolute Gasteiger partial charge is 0.497 e. The minimum absolute atomic E-state index is 0.0558. The van der Waals surface area contributed by atoms with Gasteiger partial charge in [0.2, 0.25) is 5.89 Å². The van der Waals surface area contributed by atoms with Crippen LogP contribution in [0.1, 0.15) is 16.2 Å². The Morgan fingerprint density at radius 1 is 1.15 bits per heavy atom. The molecule has 2 aromatic heterocycles. The number of hydrogen-bond donors (Lipinski definition) is 2. The Morgan fingerprint density at radius 3 is 2.78 bits per heavy atom. The maximum absolute atomic E-state index is 12.2. The Hall–Kier alpha value is -3.61. The Morgan fingerprint density at radius 2 is 1.96 bits per heavy atom. The summed E-state index contributed by atoms with van der Waals surface area (Å²) < 4.78 is 10.6. The van der Waals surface area contributed by atoms with Gasteiger partial charge in [-0.15, -0.1) is 10.2 Å². The summed E-state index contributed by atoms with van der Waals surface area (Å²) in [4.78, 5) is 15.5. The van der Waals surface area contributed by atoms with Crippen LogP contribution in [-0.4, -0.2) is 34.7 Å². The Kier molecular flexibility index (Phi) is 4.57. The third-order valence-corrected chi connectivity index (χ3v) is 4.31.